The number of hydrogen-bond donors (Lipinski definition) is 0. The lowest BCUT2D eigenvalue weighted by Crippen LogP contribution is -2.01. The number of rotatable bonds is 2. The van der Waals surface area contributed by atoms with Crippen LogP contribution in [0.2, 0.25) is 0 Å². The third-order valence-corrected chi connectivity index (χ3v) is 2.14. The standard InChI is InChI=1S/C7H3F3INO/c8-4-1-3(2-13)12-7(11)5(4)6(9)10/h1-2,6H. The van der Waals surface area contributed by atoms with Gasteiger partial charge in [0, 0.05) is 6.07 Å². The summed E-state index contributed by atoms with van der Waals surface area (Å²) < 4.78 is 37.0. The van der Waals surface area contributed by atoms with E-state index in [1.165, 1.54) is 22.6 Å². The molecule has 0 fully saturated rings. The van der Waals surface area contributed by atoms with Crippen molar-refractivity contribution >= 4 is 28.9 Å². The molecular weight excluding hydrogens is 298 g/mol. The highest BCUT2D eigenvalue weighted by molar-refractivity contribution is 14.1. The van der Waals surface area contributed by atoms with Crippen LogP contribution in [-0.2, 0) is 0 Å². The van der Waals surface area contributed by atoms with Gasteiger partial charge in [0.2, 0.25) is 0 Å². The van der Waals surface area contributed by atoms with Gasteiger partial charge in [-0.3, -0.25) is 4.79 Å². The van der Waals surface area contributed by atoms with Gasteiger partial charge in [-0.25, -0.2) is 18.2 Å². The summed E-state index contributed by atoms with van der Waals surface area (Å²) >= 11 is 1.46. The van der Waals surface area contributed by atoms with Crippen LogP contribution in [0.15, 0.2) is 6.07 Å². The lowest BCUT2D eigenvalue weighted by Gasteiger charge is -2.03. The quantitative estimate of drug-likeness (QED) is 0.477. The van der Waals surface area contributed by atoms with Gasteiger partial charge in [0.25, 0.3) is 6.43 Å². The van der Waals surface area contributed by atoms with Gasteiger partial charge in [-0.05, 0) is 22.6 Å². The second-order valence-corrected chi connectivity index (χ2v) is 3.17. The molecule has 0 unspecified atom stereocenters. The average molecular weight is 301 g/mol. The first-order valence-corrected chi connectivity index (χ1v) is 4.23. The molecule has 2 nitrogen and oxygen atoms in total. The fourth-order valence-corrected chi connectivity index (χ4v) is 1.54. The first-order chi connectivity index (χ1) is 6.06. The number of hydrogen-bond acceptors (Lipinski definition) is 2. The number of aromatic nitrogens is 1. The molecule has 0 N–H and O–H groups in total. The van der Waals surface area contributed by atoms with E-state index >= 15 is 0 Å². The van der Waals surface area contributed by atoms with Gasteiger partial charge >= 0.3 is 0 Å². The molecule has 0 radical (unpaired) electrons. The zero-order chi connectivity index (χ0) is 10.0. The summed E-state index contributed by atoms with van der Waals surface area (Å²) in [6.07, 6.45) is -2.61. The molecule has 0 bridgehead atoms. The van der Waals surface area contributed by atoms with E-state index in [1.807, 2.05) is 0 Å². The molecule has 0 atom stereocenters. The van der Waals surface area contributed by atoms with Crippen LogP contribution in [0.4, 0.5) is 13.2 Å². The summed E-state index contributed by atoms with van der Waals surface area (Å²) in [7, 11) is 0. The van der Waals surface area contributed by atoms with Crippen molar-refractivity contribution in [2.75, 3.05) is 0 Å². The van der Waals surface area contributed by atoms with E-state index in [0.717, 1.165) is 0 Å². The van der Waals surface area contributed by atoms with E-state index in [2.05, 4.69) is 4.98 Å². The van der Waals surface area contributed by atoms with E-state index in [0.29, 0.717) is 12.4 Å². The third kappa shape index (κ3) is 2.17. The highest BCUT2D eigenvalue weighted by Crippen LogP contribution is 2.25. The molecule has 0 amide bonds. The predicted molar refractivity (Wildman–Crippen MR) is 47.3 cm³/mol. The minimum absolute atomic E-state index is 0.185. The SMILES string of the molecule is O=Cc1cc(F)c(C(F)F)c(I)n1. The fraction of sp³-hybridized carbons (Fsp3) is 0.143. The molecule has 0 aliphatic heterocycles. The Balaban J connectivity index is 3.31. The van der Waals surface area contributed by atoms with Crippen molar-refractivity contribution in [1.82, 2.24) is 4.98 Å². The van der Waals surface area contributed by atoms with Crippen molar-refractivity contribution in [3.63, 3.8) is 0 Å². The summed E-state index contributed by atoms with van der Waals surface area (Å²) in [5.41, 5.74) is -0.947. The Hall–Kier alpha value is -0.660. The normalized spacial score (nSPS) is 10.5. The Labute approximate surface area is 85.3 Å². The molecule has 0 saturated heterocycles. The first-order valence-electron chi connectivity index (χ1n) is 3.15. The zero-order valence-corrected chi connectivity index (χ0v) is 8.26. The van der Waals surface area contributed by atoms with Crippen LogP contribution in [0.3, 0.4) is 0 Å². The molecule has 0 aromatic carbocycles. The number of alkyl halides is 2. The maximum atomic E-state index is 12.9. The molecule has 1 rings (SSSR count). The van der Waals surface area contributed by atoms with Crippen LogP contribution >= 0.6 is 22.6 Å². The minimum atomic E-state index is -2.92. The average Bonchev–Trinajstić information content (AvgIpc) is 2.02. The number of nitrogens with zero attached hydrogens (tertiary/aromatic N) is 1. The van der Waals surface area contributed by atoms with Gasteiger partial charge in [-0.15, -0.1) is 0 Å². The number of carbonyl (C=O) groups excluding carboxylic acids is 1. The number of carbonyl (C=O) groups is 1. The Morgan fingerprint density at radius 2 is 2.15 bits per heavy atom. The van der Waals surface area contributed by atoms with Gasteiger partial charge < -0.3 is 0 Å². The number of pyridine rings is 1. The molecular formula is C7H3F3INO. The number of halogens is 4. The van der Waals surface area contributed by atoms with Crippen molar-refractivity contribution < 1.29 is 18.0 Å². The van der Waals surface area contributed by atoms with E-state index < -0.39 is 17.8 Å². The summed E-state index contributed by atoms with van der Waals surface area (Å²) in [6, 6.07) is 0.691. The Morgan fingerprint density at radius 1 is 1.54 bits per heavy atom. The van der Waals surface area contributed by atoms with Crippen LogP contribution in [0.5, 0.6) is 0 Å². The van der Waals surface area contributed by atoms with Crippen molar-refractivity contribution in [3.8, 4) is 0 Å². The first kappa shape index (κ1) is 10.4. The smallest absolute Gasteiger partial charge is 0.269 e. The zero-order valence-electron chi connectivity index (χ0n) is 6.10. The lowest BCUT2D eigenvalue weighted by atomic mass is 10.2. The highest BCUT2D eigenvalue weighted by atomic mass is 127. The predicted octanol–water partition coefficient (Wildman–Crippen LogP) is 2.58. The van der Waals surface area contributed by atoms with Gasteiger partial charge in [-0.1, -0.05) is 0 Å². The molecule has 1 heterocycles. The van der Waals surface area contributed by atoms with E-state index in [9.17, 15) is 18.0 Å². The van der Waals surface area contributed by atoms with E-state index in [4.69, 9.17) is 0 Å². The van der Waals surface area contributed by atoms with E-state index in [-0.39, 0.29) is 9.39 Å². The maximum Gasteiger partial charge on any atom is 0.269 e. The van der Waals surface area contributed by atoms with Crippen LogP contribution in [0, 0.1) is 9.52 Å². The molecule has 0 aliphatic rings. The molecule has 1 aromatic rings. The Kier molecular flexibility index (Phi) is 3.23. The Bertz CT molecular complexity index is 320. The van der Waals surface area contributed by atoms with Gasteiger partial charge in [0.15, 0.2) is 6.29 Å². The van der Waals surface area contributed by atoms with Crippen LogP contribution < -0.4 is 0 Å². The second kappa shape index (κ2) is 4.03. The van der Waals surface area contributed by atoms with E-state index in [1.54, 1.807) is 0 Å². The number of aldehydes is 1. The Morgan fingerprint density at radius 3 is 2.54 bits per heavy atom. The molecule has 1 aromatic heterocycles. The van der Waals surface area contributed by atoms with Crippen LogP contribution in [-0.4, -0.2) is 11.3 Å². The fourth-order valence-electron chi connectivity index (χ4n) is 0.767. The lowest BCUT2D eigenvalue weighted by molar-refractivity contribution is 0.111. The molecule has 6 heteroatoms. The summed E-state index contributed by atoms with van der Waals surface area (Å²) in [5.74, 6) is -1.10. The molecule has 0 spiro atoms. The maximum absolute atomic E-state index is 12.9. The topological polar surface area (TPSA) is 30.0 Å². The minimum Gasteiger partial charge on any atom is -0.296 e. The van der Waals surface area contributed by atoms with Crippen molar-refractivity contribution in [2.24, 2.45) is 0 Å². The van der Waals surface area contributed by atoms with Crippen molar-refractivity contribution in [2.45, 2.75) is 6.43 Å². The van der Waals surface area contributed by atoms with Gasteiger partial charge in [0.05, 0.1) is 5.56 Å². The third-order valence-electron chi connectivity index (χ3n) is 1.32. The van der Waals surface area contributed by atoms with Crippen molar-refractivity contribution in [1.29, 1.82) is 0 Å². The molecule has 0 aliphatic carbocycles. The van der Waals surface area contributed by atoms with Crippen LogP contribution in [0.1, 0.15) is 22.5 Å². The summed E-state index contributed by atoms with van der Waals surface area (Å²) in [5, 5.41) is 0. The monoisotopic (exact) mass is 301 g/mol. The van der Waals surface area contributed by atoms with Gasteiger partial charge in [-0.2, -0.15) is 0 Å². The van der Waals surface area contributed by atoms with Crippen molar-refractivity contribution in [3.05, 3.63) is 26.8 Å². The largest absolute Gasteiger partial charge is 0.296 e. The molecule has 0 saturated carbocycles. The highest BCUT2D eigenvalue weighted by Gasteiger charge is 2.19. The summed E-state index contributed by atoms with van der Waals surface area (Å²) in [4.78, 5) is 13.6. The molecule has 70 valence electrons. The van der Waals surface area contributed by atoms with Gasteiger partial charge in [0.1, 0.15) is 15.2 Å². The van der Waals surface area contributed by atoms with Crippen LogP contribution in [0.25, 0.3) is 0 Å². The second-order valence-electron chi connectivity index (χ2n) is 2.15. The summed E-state index contributed by atoms with van der Waals surface area (Å²) in [6.45, 7) is 0. The molecule has 13 heavy (non-hydrogen) atoms.